The van der Waals surface area contributed by atoms with Gasteiger partial charge in [-0.1, -0.05) is 23.7 Å². The largest absolute Gasteiger partial charge is 0.507 e. The second-order valence-corrected chi connectivity index (χ2v) is 7.33. The Hall–Kier alpha value is -2.65. The Labute approximate surface area is 173 Å². The lowest BCUT2D eigenvalue weighted by atomic mass is 10.1. The van der Waals surface area contributed by atoms with Crippen molar-refractivity contribution < 1.29 is 14.8 Å². The Morgan fingerprint density at radius 3 is 2.82 bits per heavy atom. The van der Waals surface area contributed by atoms with Gasteiger partial charge in [0.25, 0.3) is 5.91 Å². The van der Waals surface area contributed by atoms with Crippen LogP contribution in [0.2, 0.25) is 5.02 Å². The normalized spacial score (nSPS) is 10.9. The minimum absolute atomic E-state index is 0.0274. The molecule has 0 saturated carbocycles. The maximum atomic E-state index is 12.0. The molecule has 8 nitrogen and oxygen atoms in total. The van der Waals surface area contributed by atoms with E-state index in [9.17, 15) is 20.0 Å². The van der Waals surface area contributed by atoms with Gasteiger partial charge < -0.3 is 10.4 Å². The lowest BCUT2D eigenvalue weighted by Gasteiger charge is -2.06. The van der Waals surface area contributed by atoms with Crippen LogP contribution in [0.15, 0.2) is 34.8 Å². The number of aryl methyl sites for hydroxylation is 1. The molecule has 0 aliphatic rings. The minimum Gasteiger partial charge on any atom is -0.507 e. The zero-order valence-corrected chi connectivity index (χ0v) is 16.9. The van der Waals surface area contributed by atoms with Gasteiger partial charge in [0.05, 0.1) is 16.2 Å². The van der Waals surface area contributed by atoms with Gasteiger partial charge in [0, 0.05) is 16.4 Å². The topological polar surface area (TPSA) is 121 Å². The van der Waals surface area contributed by atoms with E-state index in [1.54, 1.807) is 24.3 Å². The molecule has 0 radical (unpaired) electrons. The number of para-hydroxylation sites is 1. The van der Waals surface area contributed by atoms with Crippen molar-refractivity contribution in [1.29, 1.82) is 0 Å². The molecule has 146 valence electrons. The van der Waals surface area contributed by atoms with Crippen molar-refractivity contribution in [2.75, 3.05) is 6.54 Å². The third kappa shape index (κ3) is 4.10. The summed E-state index contributed by atoms with van der Waals surface area (Å²) < 4.78 is 0.436. The molecule has 10 heteroatoms. The number of aromatic hydroxyl groups is 1. The van der Waals surface area contributed by atoms with E-state index in [0.717, 1.165) is 6.42 Å². The van der Waals surface area contributed by atoms with Gasteiger partial charge in [-0.2, -0.15) is 5.10 Å². The number of amides is 1. The molecule has 2 aromatic carbocycles. The summed E-state index contributed by atoms with van der Waals surface area (Å²) in [5.41, 5.74) is 1.01. The van der Waals surface area contributed by atoms with Crippen molar-refractivity contribution in [3.8, 4) is 5.75 Å². The number of aromatic amines is 1. The number of fused-ring (bicyclic) bond motifs is 1. The predicted octanol–water partition coefficient (Wildman–Crippen LogP) is 4.35. The highest BCUT2D eigenvalue weighted by molar-refractivity contribution is 9.10. The first-order valence-corrected chi connectivity index (χ1v) is 9.62. The summed E-state index contributed by atoms with van der Waals surface area (Å²) in [7, 11) is 0. The summed E-state index contributed by atoms with van der Waals surface area (Å²) in [6, 6.07) is 8.05. The van der Waals surface area contributed by atoms with Gasteiger partial charge in [-0.3, -0.25) is 20.0 Å². The number of carbonyl (C=O) groups excluding carboxylic acids is 1. The molecular weight excluding hydrogens is 452 g/mol. The Bertz CT molecular complexity index is 1050. The van der Waals surface area contributed by atoms with E-state index in [4.69, 9.17) is 11.6 Å². The van der Waals surface area contributed by atoms with Crippen LogP contribution in [0.3, 0.4) is 0 Å². The lowest BCUT2D eigenvalue weighted by Crippen LogP contribution is -2.24. The van der Waals surface area contributed by atoms with Crippen LogP contribution in [0.5, 0.6) is 5.75 Å². The number of aromatic nitrogens is 2. The molecule has 0 atom stereocenters. The quantitative estimate of drug-likeness (QED) is 0.271. The number of phenolic OH excluding ortho intramolecular Hbond substituents is 1. The van der Waals surface area contributed by atoms with Crippen LogP contribution < -0.4 is 5.32 Å². The van der Waals surface area contributed by atoms with Crippen molar-refractivity contribution >= 4 is 50.0 Å². The van der Waals surface area contributed by atoms with Gasteiger partial charge in [-0.25, -0.2) is 0 Å². The number of halogens is 2. The third-order valence-corrected chi connectivity index (χ3v) is 5.50. The van der Waals surface area contributed by atoms with E-state index in [1.807, 2.05) is 0 Å². The maximum Gasteiger partial charge on any atom is 0.314 e. The van der Waals surface area contributed by atoms with Crippen molar-refractivity contribution in [3.63, 3.8) is 0 Å². The highest BCUT2D eigenvalue weighted by Crippen LogP contribution is 2.39. The first kappa shape index (κ1) is 20.1. The highest BCUT2D eigenvalue weighted by Gasteiger charge is 2.24. The number of hydrogen-bond donors (Lipinski definition) is 3. The van der Waals surface area contributed by atoms with Gasteiger partial charge in [-0.15, -0.1) is 0 Å². The van der Waals surface area contributed by atoms with Crippen LogP contribution in [0, 0.1) is 10.1 Å². The first-order valence-electron chi connectivity index (χ1n) is 8.45. The number of nitrogens with zero attached hydrogens (tertiary/aromatic N) is 2. The fourth-order valence-electron chi connectivity index (χ4n) is 2.88. The molecule has 0 aliphatic heterocycles. The van der Waals surface area contributed by atoms with Gasteiger partial charge in [0.15, 0.2) is 0 Å². The zero-order valence-electron chi connectivity index (χ0n) is 14.5. The van der Waals surface area contributed by atoms with E-state index in [2.05, 4.69) is 31.4 Å². The molecule has 1 heterocycles. The smallest absolute Gasteiger partial charge is 0.314 e. The Morgan fingerprint density at radius 2 is 2.11 bits per heavy atom. The summed E-state index contributed by atoms with van der Waals surface area (Å²) in [6.45, 7) is 0.436. The number of rotatable bonds is 7. The monoisotopic (exact) mass is 466 g/mol. The Morgan fingerprint density at radius 1 is 1.36 bits per heavy atom. The number of benzene rings is 2. The molecule has 0 unspecified atom stereocenters. The Balaban J connectivity index is 1.60. The standard InChI is InChI=1S/C18H16BrClN4O4/c19-12-9-11-13(22-23-16(11)17(15(12)20)24(27)28)6-3-4-8-21-18(26)10-5-1-2-7-14(10)25/h1-2,5,7,9,25H,3-4,6,8H2,(H,21,26)(H,22,23). The van der Waals surface area contributed by atoms with Gasteiger partial charge in [0.1, 0.15) is 16.3 Å². The fourth-order valence-corrected chi connectivity index (χ4v) is 3.51. The molecule has 1 aromatic heterocycles. The van der Waals surface area contributed by atoms with Crippen LogP contribution in [0.1, 0.15) is 28.9 Å². The summed E-state index contributed by atoms with van der Waals surface area (Å²) in [6.07, 6.45) is 1.98. The molecule has 28 heavy (non-hydrogen) atoms. The van der Waals surface area contributed by atoms with Crippen LogP contribution in [-0.4, -0.2) is 32.7 Å². The maximum absolute atomic E-state index is 12.0. The van der Waals surface area contributed by atoms with Crippen LogP contribution in [0.25, 0.3) is 10.9 Å². The molecule has 0 spiro atoms. The predicted molar refractivity (Wildman–Crippen MR) is 109 cm³/mol. The van der Waals surface area contributed by atoms with Crippen LogP contribution in [0.4, 0.5) is 5.69 Å². The summed E-state index contributed by atoms with van der Waals surface area (Å²) in [5, 5.41) is 31.3. The molecule has 0 fully saturated rings. The van der Waals surface area contributed by atoms with Crippen LogP contribution >= 0.6 is 27.5 Å². The first-order chi connectivity index (χ1) is 13.4. The molecular formula is C18H16BrClN4O4. The van der Waals surface area contributed by atoms with E-state index in [-0.39, 0.29) is 27.9 Å². The third-order valence-electron chi connectivity index (χ3n) is 4.27. The number of phenols is 1. The van der Waals surface area contributed by atoms with Gasteiger partial charge in [-0.05, 0) is 53.4 Å². The van der Waals surface area contributed by atoms with Crippen molar-refractivity contribution in [2.45, 2.75) is 19.3 Å². The number of carbonyl (C=O) groups is 1. The zero-order chi connectivity index (χ0) is 20.3. The molecule has 3 aromatic rings. The second kappa shape index (κ2) is 8.57. The van der Waals surface area contributed by atoms with E-state index < -0.39 is 4.92 Å². The average Bonchev–Trinajstić information content (AvgIpc) is 3.04. The number of nitro groups is 1. The van der Waals surface area contributed by atoms with E-state index in [0.29, 0.717) is 40.5 Å². The number of H-pyrrole nitrogens is 1. The molecule has 0 saturated heterocycles. The summed E-state index contributed by atoms with van der Waals surface area (Å²) in [4.78, 5) is 22.8. The average molecular weight is 468 g/mol. The number of nitro benzene ring substituents is 1. The van der Waals surface area contributed by atoms with Gasteiger partial charge >= 0.3 is 5.69 Å². The molecule has 0 aliphatic carbocycles. The summed E-state index contributed by atoms with van der Waals surface area (Å²) >= 11 is 9.26. The molecule has 3 rings (SSSR count). The SMILES string of the molecule is O=C(NCCCCc1n[nH]c2c([N+](=O)[O-])c(Cl)c(Br)cc12)c1ccccc1O. The van der Waals surface area contributed by atoms with E-state index in [1.165, 1.54) is 6.07 Å². The van der Waals surface area contributed by atoms with Gasteiger partial charge in [0.2, 0.25) is 0 Å². The minimum atomic E-state index is -0.536. The number of unbranched alkanes of at least 4 members (excludes halogenated alkanes) is 1. The highest BCUT2D eigenvalue weighted by atomic mass is 79.9. The number of hydrogen-bond acceptors (Lipinski definition) is 5. The Kier molecular flexibility index (Phi) is 6.15. The number of nitrogens with one attached hydrogen (secondary N) is 2. The second-order valence-electron chi connectivity index (χ2n) is 6.10. The molecule has 1 amide bonds. The van der Waals surface area contributed by atoms with E-state index >= 15 is 0 Å². The van der Waals surface area contributed by atoms with Crippen molar-refractivity contribution in [2.24, 2.45) is 0 Å². The van der Waals surface area contributed by atoms with Crippen LogP contribution in [-0.2, 0) is 6.42 Å². The van der Waals surface area contributed by atoms with Crippen molar-refractivity contribution in [3.05, 3.63) is 61.2 Å². The molecule has 0 bridgehead atoms. The lowest BCUT2D eigenvalue weighted by molar-refractivity contribution is -0.383. The van der Waals surface area contributed by atoms with Crippen molar-refractivity contribution in [1.82, 2.24) is 15.5 Å². The molecule has 3 N–H and O–H groups in total. The summed E-state index contributed by atoms with van der Waals surface area (Å²) in [5.74, 6) is -0.397. The fraction of sp³-hybridized carbons (Fsp3) is 0.222.